The Morgan fingerprint density at radius 3 is 1.61 bits per heavy atom. The van der Waals surface area contributed by atoms with Gasteiger partial charge >= 0.3 is 0 Å². The SMILES string of the molecule is C.CCC[C@@H]1NC(C)(C)CO[C@@]1(O)c1cccc(Cl)c1.CC[C@@H]1NC(C)(C)CO[C@@]1(O)c1cccc(Cl)c1. The summed E-state index contributed by atoms with van der Waals surface area (Å²) in [7, 11) is 0. The Kier molecular flexibility index (Phi) is 11.3. The van der Waals surface area contributed by atoms with E-state index >= 15 is 0 Å². The average molecular weight is 570 g/mol. The Hall–Kier alpha value is -1.22. The van der Waals surface area contributed by atoms with Crippen LogP contribution in [0.4, 0.5) is 0 Å². The van der Waals surface area contributed by atoms with Gasteiger partial charge in [-0.05, 0) is 64.8 Å². The van der Waals surface area contributed by atoms with Gasteiger partial charge in [-0.15, -0.1) is 0 Å². The topological polar surface area (TPSA) is 83.0 Å². The third-order valence-electron chi connectivity index (χ3n) is 6.84. The molecular weight excluding hydrogens is 523 g/mol. The van der Waals surface area contributed by atoms with E-state index in [0.29, 0.717) is 34.4 Å². The zero-order valence-electron chi connectivity index (χ0n) is 22.8. The van der Waals surface area contributed by atoms with Crippen LogP contribution in [0, 0.1) is 0 Å². The number of morpholine rings is 2. The number of hydrogen-bond acceptors (Lipinski definition) is 6. The van der Waals surface area contributed by atoms with Crippen LogP contribution in [0.15, 0.2) is 48.5 Å². The highest BCUT2D eigenvalue weighted by Gasteiger charge is 2.47. The van der Waals surface area contributed by atoms with Gasteiger partial charge in [0.2, 0.25) is 11.6 Å². The van der Waals surface area contributed by atoms with Crippen LogP contribution in [-0.4, -0.2) is 46.6 Å². The Balaban J connectivity index is 0.000000260. The third-order valence-corrected chi connectivity index (χ3v) is 7.31. The summed E-state index contributed by atoms with van der Waals surface area (Å²) in [6, 6.07) is 14.2. The minimum atomic E-state index is -1.31. The van der Waals surface area contributed by atoms with Gasteiger partial charge in [-0.3, -0.25) is 0 Å². The van der Waals surface area contributed by atoms with Crippen LogP contribution in [0.1, 0.15) is 79.4 Å². The molecule has 0 aromatic heterocycles. The fraction of sp³-hybridized carbons (Fsp3) is 0.600. The van der Waals surface area contributed by atoms with Gasteiger partial charge < -0.3 is 30.3 Å². The first-order valence-electron chi connectivity index (χ1n) is 13.0. The van der Waals surface area contributed by atoms with Crippen molar-refractivity contribution in [2.45, 2.75) is 103 Å². The quantitative estimate of drug-likeness (QED) is 0.336. The van der Waals surface area contributed by atoms with E-state index in [1.807, 2.05) is 31.2 Å². The van der Waals surface area contributed by atoms with E-state index in [9.17, 15) is 10.2 Å². The molecule has 2 aliphatic rings. The first kappa shape index (κ1) is 33.0. The van der Waals surface area contributed by atoms with Crippen molar-refractivity contribution in [2.75, 3.05) is 13.2 Å². The molecule has 6 nitrogen and oxygen atoms in total. The average Bonchev–Trinajstić information content (AvgIpc) is 2.83. The standard InChI is InChI=1S/C15H22ClNO2.C14H20ClNO2.CH4/c1-4-6-13-15(18,19-10-14(2,3)17-13)11-7-5-8-12(16)9-11;1-4-12-14(17,18-9-13(2,3)16-12)10-6-5-7-11(15)8-10;/h5,7-9,13,17-18H,4,6,10H2,1-3H3;5-8,12,16-17H,4,9H2,1-3H3;1H4/t13-,15-;12-,14-;/m00./s1. The molecule has 2 aromatic rings. The lowest BCUT2D eigenvalue weighted by molar-refractivity contribution is -0.267. The van der Waals surface area contributed by atoms with Gasteiger partial charge in [-0.25, -0.2) is 0 Å². The van der Waals surface area contributed by atoms with Crippen molar-refractivity contribution in [3.63, 3.8) is 0 Å². The minimum absolute atomic E-state index is 0. The highest BCUT2D eigenvalue weighted by Crippen LogP contribution is 2.36. The maximum atomic E-state index is 10.9. The first-order chi connectivity index (χ1) is 17.2. The molecule has 8 heteroatoms. The number of nitrogens with one attached hydrogen (secondary N) is 2. The second-order valence-corrected chi connectivity index (χ2v) is 12.2. The molecule has 0 aliphatic carbocycles. The fourth-order valence-electron chi connectivity index (χ4n) is 4.93. The summed E-state index contributed by atoms with van der Waals surface area (Å²) in [4.78, 5) is 0. The third kappa shape index (κ3) is 7.70. The summed E-state index contributed by atoms with van der Waals surface area (Å²) in [6.45, 7) is 13.3. The van der Waals surface area contributed by atoms with Crippen molar-refractivity contribution in [3.8, 4) is 0 Å². The molecule has 214 valence electrons. The summed E-state index contributed by atoms with van der Waals surface area (Å²) in [6.07, 6.45) is 2.58. The van der Waals surface area contributed by atoms with Gasteiger partial charge in [0.25, 0.3) is 0 Å². The molecule has 4 N–H and O–H groups in total. The van der Waals surface area contributed by atoms with E-state index < -0.39 is 11.6 Å². The summed E-state index contributed by atoms with van der Waals surface area (Å²) >= 11 is 12.0. The van der Waals surface area contributed by atoms with Gasteiger partial charge in [-0.2, -0.15) is 0 Å². The van der Waals surface area contributed by atoms with Gasteiger partial charge in [0.1, 0.15) is 0 Å². The maximum Gasteiger partial charge on any atom is 0.208 e. The first-order valence-corrected chi connectivity index (χ1v) is 13.8. The van der Waals surface area contributed by atoms with Crippen molar-refractivity contribution < 1.29 is 19.7 Å². The molecule has 0 spiro atoms. The Morgan fingerprint density at radius 2 is 1.21 bits per heavy atom. The number of rotatable bonds is 5. The van der Waals surface area contributed by atoms with Crippen molar-refractivity contribution in [1.82, 2.24) is 10.6 Å². The molecule has 2 fully saturated rings. The molecule has 0 bridgehead atoms. The molecule has 2 aromatic carbocycles. The highest BCUT2D eigenvalue weighted by molar-refractivity contribution is 6.30. The molecule has 2 aliphatic heterocycles. The van der Waals surface area contributed by atoms with E-state index in [-0.39, 0.29) is 30.6 Å². The maximum absolute atomic E-state index is 10.9. The van der Waals surface area contributed by atoms with Crippen molar-refractivity contribution in [3.05, 3.63) is 69.7 Å². The predicted molar refractivity (Wildman–Crippen MR) is 157 cm³/mol. The summed E-state index contributed by atoms with van der Waals surface area (Å²) in [5, 5.41) is 29.9. The van der Waals surface area contributed by atoms with Crippen molar-refractivity contribution >= 4 is 23.2 Å². The van der Waals surface area contributed by atoms with Crippen LogP contribution >= 0.6 is 23.2 Å². The molecule has 2 saturated heterocycles. The largest absolute Gasteiger partial charge is 0.361 e. The number of benzene rings is 2. The molecule has 0 saturated carbocycles. The summed E-state index contributed by atoms with van der Waals surface area (Å²) in [5.74, 6) is -2.62. The molecule has 0 unspecified atom stereocenters. The predicted octanol–water partition coefficient (Wildman–Crippen LogP) is 6.35. The lowest BCUT2D eigenvalue weighted by atomic mass is 9.89. The second kappa shape index (κ2) is 13.0. The van der Waals surface area contributed by atoms with E-state index in [1.54, 1.807) is 24.3 Å². The van der Waals surface area contributed by atoms with Crippen LogP contribution in [-0.2, 0) is 21.0 Å². The number of halogens is 2. The number of aliphatic hydroxyl groups is 2. The van der Waals surface area contributed by atoms with Gasteiger partial charge in [0.05, 0.1) is 25.3 Å². The molecule has 0 amide bonds. The molecule has 4 atom stereocenters. The van der Waals surface area contributed by atoms with E-state index in [0.717, 1.165) is 19.3 Å². The summed E-state index contributed by atoms with van der Waals surface area (Å²) in [5.41, 5.74) is 1.14. The van der Waals surface area contributed by atoms with Crippen molar-refractivity contribution in [1.29, 1.82) is 0 Å². The van der Waals surface area contributed by atoms with Crippen LogP contribution in [0.3, 0.4) is 0 Å². The smallest absolute Gasteiger partial charge is 0.208 e. The zero-order chi connectivity index (χ0) is 27.5. The lowest BCUT2D eigenvalue weighted by Crippen LogP contribution is -2.64. The molecule has 38 heavy (non-hydrogen) atoms. The van der Waals surface area contributed by atoms with Gasteiger partial charge in [0.15, 0.2) is 0 Å². The van der Waals surface area contributed by atoms with Crippen LogP contribution in [0.2, 0.25) is 10.0 Å². The monoisotopic (exact) mass is 568 g/mol. The highest BCUT2D eigenvalue weighted by atomic mass is 35.5. The van der Waals surface area contributed by atoms with E-state index in [2.05, 4.69) is 45.3 Å². The summed E-state index contributed by atoms with van der Waals surface area (Å²) < 4.78 is 11.6. The minimum Gasteiger partial charge on any atom is -0.361 e. The number of hydrogen-bond donors (Lipinski definition) is 4. The Morgan fingerprint density at radius 1 is 0.789 bits per heavy atom. The van der Waals surface area contributed by atoms with Crippen molar-refractivity contribution in [2.24, 2.45) is 0 Å². The molecule has 4 rings (SSSR count). The Labute approximate surface area is 239 Å². The molecule has 2 heterocycles. The Bertz CT molecular complexity index is 1050. The van der Waals surface area contributed by atoms with Gasteiger partial charge in [-0.1, -0.05) is 75.2 Å². The number of ether oxygens (including phenoxy) is 2. The van der Waals surface area contributed by atoms with Crippen LogP contribution in [0.5, 0.6) is 0 Å². The van der Waals surface area contributed by atoms with E-state index in [4.69, 9.17) is 32.7 Å². The second-order valence-electron chi connectivity index (χ2n) is 11.3. The fourth-order valence-corrected chi connectivity index (χ4v) is 5.31. The van der Waals surface area contributed by atoms with Crippen LogP contribution < -0.4 is 10.6 Å². The molecule has 0 radical (unpaired) electrons. The molecular formula is C30H46Cl2N2O4. The van der Waals surface area contributed by atoms with Gasteiger partial charge in [0, 0.05) is 32.3 Å². The normalized spacial score (nSPS) is 29.9. The van der Waals surface area contributed by atoms with E-state index in [1.165, 1.54) is 0 Å². The lowest BCUT2D eigenvalue weighted by Gasteiger charge is -2.47. The van der Waals surface area contributed by atoms with Crippen LogP contribution in [0.25, 0.3) is 0 Å². The zero-order valence-corrected chi connectivity index (χ0v) is 24.3.